The maximum absolute atomic E-state index is 13.6. The number of nitrogens with one attached hydrogen (secondary N) is 4. The molecule has 1 fully saturated rings. The fourth-order valence-corrected chi connectivity index (χ4v) is 6.17. The number of aromatic nitrogens is 4. The maximum atomic E-state index is 13.6. The number of nitrogens with zero attached hydrogens (tertiary/aromatic N) is 4. The molecule has 232 valence electrons. The summed E-state index contributed by atoms with van der Waals surface area (Å²) in [7, 11) is 0. The van der Waals surface area contributed by atoms with E-state index >= 15 is 0 Å². The fraction of sp³-hybridized carbons (Fsp3) is 0.469. The molecule has 0 bridgehead atoms. The van der Waals surface area contributed by atoms with Gasteiger partial charge in [-0.1, -0.05) is 57.4 Å². The number of rotatable bonds is 9. The van der Waals surface area contributed by atoms with Gasteiger partial charge in [-0.3, -0.25) is 25.0 Å². The van der Waals surface area contributed by atoms with E-state index in [0.717, 1.165) is 38.5 Å². The number of benzene rings is 2. The Morgan fingerprint density at radius 2 is 1.73 bits per heavy atom. The van der Waals surface area contributed by atoms with Crippen LogP contribution in [0.3, 0.4) is 0 Å². The molecule has 2 aromatic carbocycles. The Labute approximate surface area is 256 Å². The number of unbranched alkanes of at least 4 members (excludes halogenated alkanes) is 1. The molecular weight excluding hydrogens is 560 g/mol. The van der Waals surface area contributed by atoms with Gasteiger partial charge in [0.05, 0.1) is 11.1 Å². The Bertz CT molecular complexity index is 1540. The lowest BCUT2D eigenvalue weighted by molar-refractivity contribution is 0.0878. The van der Waals surface area contributed by atoms with Crippen LogP contribution in [0.1, 0.15) is 109 Å². The number of hydrogen-bond donors (Lipinski definition) is 4. The Kier molecular flexibility index (Phi) is 9.07. The third kappa shape index (κ3) is 6.79. The molecule has 1 aromatic heterocycles. The molecule has 3 aromatic rings. The standard InChI is InChI=1S/C32H40N8O4/c1-5-6-12-22-24(18-17-23-25(22)29(43)35-28(23)42)33-31(44)34-26(19-13-15-21(16-14-19)32(2,3)4)40-38-30(37-39-40)36-27(41)20-10-8-7-9-11-20/h7-11,17-19,21,26H,5-6,12-16H2,1-4H3,(H2,33,34,44)(H,35,42,43)(H,36,38,41). The zero-order chi connectivity index (χ0) is 31.4. The van der Waals surface area contributed by atoms with E-state index in [4.69, 9.17) is 0 Å². The van der Waals surface area contributed by atoms with E-state index in [1.165, 1.54) is 4.80 Å². The molecule has 4 N–H and O–H groups in total. The van der Waals surface area contributed by atoms with Gasteiger partial charge < -0.3 is 10.6 Å². The highest BCUT2D eigenvalue weighted by molar-refractivity contribution is 6.22. The van der Waals surface area contributed by atoms with Gasteiger partial charge in [-0.05, 0) is 84.9 Å². The summed E-state index contributed by atoms with van der Waals surface area (Å²) in [4.78, 5) is 52.5. The van der Waals surface area contributed by atoms with Crippen LogP contribution in [0.5, 0.6) is 0 Å². The van der Waals surface area contributed by atoms with Gasteiger partial charge in [0.1, 0.15) is 6.17 Å². The number of carbonyl (C=O) groups excluding carboxylic acids is 4. The van der Waals surface area contributed by atoms with Crippen molar-refractivity contribution >= 4 is 35.4 Å². The van der Waals surface area contributed by atoms with Crippen LogP contribution in [0.4, 0.5) is 16.4 Å². The zero-order valence-electron chi connectivity index (χ0n) is 25.6. The van der Waals surface area contributed by atoms with Gasteiger partial charge in [-0.25, -0.2) is 4.79 Å². The summed E-state index contributed by atoms with van der Waals surface area (Å²) in [5.74, 6) is -0.640. The molecule has 0 saturated heterocycles. The van der Waals surface area contributed by atoms with E-state index in [0.29, 0.717) is 40.3 Å². The van der Waals surface area contributed by atoms with Crippen LogP contribution >= 0.6 is 0 Å². The molecule has 2 heterocycles. The van der Waals surface area contributed by atoms with Gasteiger partial charge in [-0.2, -0.15) is 0 Å². The normalized spacial score (nSPS) is 18.7. The van der Waals surface area contributed by atoms with Crippen LogP contribution in [0.25, 0.3) is 0 Å². The largest absolute Gasteiger partial charge is 0.320 e. The van der Waals surface area contributed by atoms with E-state index in [-0.39, 0.29) is 23.2 Å². The summed E-state index contributed by atoms with van der Waals surface area (Å²) in [6.07, 6.45) is 5.26. The second-order valence-electron chi connectivity index (χ2n) is 12.7. The number of imide groups is 1. The maximum Gasteiger partial charge on any atom is 0.320 e. The first-order valence-corrected chi connectivity index (χ1v) is 15.3. The highest BCUT2D eigenvalue weighted by atomic mass is 16.2. The first kappa shape index (κ1) is 30.8. The lowest BCUT2D eigenvalue weighted by atomic mass is 9.69. The molecule has 1 unspecified atom stereocenters. The fourth-order valence-electron chi connectivity index (χ4n) is 6.17. The van der Waals surface area contributed by atoms with Crippen LogP contribution in [-0.2, 0) is 6.42 Å². The van der Waals surface area contributed by atoms with Gasteiger partial charge >= 0.3 is 6.03 Å². The summed E-state index contributed by atoms with van der Waals surface area (Å²) >= 11 is 0. The third-order valence-corrected chi connectivity index (χ3v) is 8.70. The van der Waals surface area contributed by atoms with Gasteiger partial charge in [0.2, 0.25) is 0 Å². The number of anilines is 2. The number of urea groups is 1. The van der Waals surface area contributed by atoms with Crippen molar-refractivity contribution in [2.45, 2.75) is 78.8 Å². The topological polar surface area (TPSA) is 160 Å². The van der Waals surface area contributed by atoms with Gasteiger partial charge in [0, 0.05) is 17.2 Å². The SMILES string of the molecule is CCCCc1c(NC(=O)NC(C2CCC(C(C)(C)C)CC2)n2nnc(NC(=O)c3ccccc3)n2)ccc2c1C(=O)NC2=O. The van der Waals surface area contributed by atoms with Crippen LogP contribution in [0.15, 0.2) is 42.5 Å². The first-order chi connectivity index (χ1) is 21.0. The van der Waals surface area contributed by atoms with Crippen molar-refractivity contribution in [1.82, 2.24) is 30.8 Å². The van der Waals surface area contributed by atoms with Crippen LogP contribution < -0.4 is 21.3 Å². The van der Waals surface area contributed by atoms with Crippen molar-refractivity contribution in [2.24, 2.45) is 17.3 Å². The molecule has 1 saturated carbocycles. The summed E-state index contributed by atoms with van der Waals surface area (Å²) in [5, 5.41) is 23.7. The Hall–Kier alpha value is -4.61. The highest BCUT2D eigenvalue weighted by Crippen LogP contribution is 2.42. The summed E-state index contributed by atoms with van der Waals surface area (Å²) in [5.41, 5.74) is 2.38. The molecule has 1 aliphatic carbocycles. The Morgan fingerprint density at radius 3 is 2.41 bits per heavy atom. The molecule has 2 aliphatic rings. The average Bonchev–Trinajstić information content (AvgIpc) is 3.58. The lowest BCUT2D eigenvalue weighted by Gasteiger charge is -2.39. The van der Waals surface area contributed by atoms with E-state index in [9.17, 15) is 19.2 Å². The van der Waals surface area contributed by atoms with Gasteiger partial charge in [0.25, 0.3) is 23.7 Å². The highest BCUT2D eigenvalue weighted by Gasteiger charge is 2.36. The van der Waals surface area contributed by atoms with Gasteiger partial charge in [0.15, 0.2) is 0 Å². The molecule has 0 spiro atoms. The van der Waals surface area contributed by atoms with Crippen LogP contribution in [-0.4, -0.2) is 44.0 Å². The number of carbonyl (C=O) groups is 4. The molecule has 0 radical (unpaired) electrons. The molecule has 12 nitrogen and oxygen atoms in total. The molecule has 1 atom stereocenters. The number of tetrazole rings is 1. The van der Waals surface area contributed by atoms with Crippen LogP contribution in [0, 0.1) is 17.3 Å². The van der Waals surface area contributed by atoms with Crippen molar-refractivity contribution in [3.05, 3.63) is 64.7 Å². The molecule has 44 heavy (non-hydrogen) atoms. The number of fused-ring (bicyclic) bond motifs is 1. The zero-order valence-corrected chi connectivity index (χ0v) is 25.6. The molecule has 1 aliphatic heterocycles. The molecule has 5 rings (SSSR count). The molecule has 12 heteroatoms. The van der Waals surface area contributed by atoms with Crippen molar-refractivity contribution in [1.29, 1.82) is 0 Å². The van der Waals surface area contributed by atoms with Gasteiger partial charge in [-0.15, -0.1) is 9.90 Å². The van der Waals surface area contributed by atoms with E-state index in [1.54, 1.807) is 36.4 Å². The smallest absolute Gasteiger partial charge is 0.314 e. The predicted molar refractivity (Wildman–Crippen MR) is 165 cm³/mol. The lowest BCUT2D eigenvalue weighted by Crippen LogP contribution is -2.42. The van der Waals surface area contributed by atoms with E-state index in [2.05, 4.69) is 57.4 Å². The van der Waals surface area contributed by atoms with Crippen molar-refractivity contribution in [3.63, 3.8) is 0 Å². The van der Waals surface area contributed by atoms with E-state index in [1.807, 2.05) is 13.0 Å². The molecular formula is C32H40N8O4. The van der Waals surface area contributed by atoms with Crippen molar-refractivity contribution < 1.29 is 19.2 Å². The summed E-state index contributed by atoms with van der Waals surface area (Å²) in [6, 6.07) is 11.5. The minimum absolute atomic E-state index is 0.0224. The minimum Gasteiger partial charge on any atom is -0.314 e. The Balaban J connectivity index is 1.37. The predicted octanol–water partition coefficient (Wildman–Crippen LogP) is 5.32. The number of hydrogen-bond acceptors (Lipinski definition) is 7. The monoisotopic (exact) mass is 600 g/mol. The first-order valence-electron chi connectivity index (χ1n) is 15.3. The third-order valence-electron chi connectivity index (χ3n) is 8.70. The second-order valence-corrected chi connectivity index (χ2v) is 12.7. The van der Waals surface area contributed by atoms with Crippen molar-refractivity contribution in [3.8, 4) is 0 Å². The Morgan fingerprint density at radius 1 is 1.00 bits per heavy atom. The average molecular weight is 601 g/mol. The molecule has 5 amide bonds. The number of amides is 5. The minimum atomic E-state index is -0.635. The summed E-state index contributed by atoms with van der Waals surface area (Å²) < 4.78 is 0. The van der Waals surface area contributed by atoms with E-state index < -0.39 is 24.0 Å². The summed E-state index contributed by atoms with van der Waals surface area (Å²) in [6.45, 7) is 8.79. The second kappa shape index (κ2) is 12.9. The quantitative estimate of drug-likeness (QED) is 0.242. The van der Waals surface area contributed by atoms with Crippen molar-refractivity contribution in [2.75, 3.05) is 10.6 Å². The van der Waals surface area contributed by atoms with Crippen LogP contribution in [0.2, 0.25) is 0 Å².